The van der Waals surface area contributed by atoms with Gasteiger partial charge in [0.05, 0.1) is 0 Å². The van der Waals surface area contributed by atoms with Gasteiger partial charge >= 0.3 is 0 Å². The lowest BCUT2D eigenvalue weighted by atomic mass is 10.00. The van der Waals surface area contributed by atoms with Gasteiger partial charge in [0.1, 0.15) is 12.4 Å². The van der Waals surface area contributed by atoms with Crippen LogP contribution in [0.25, 0.3) is 0 Å². The van der Waals surface area contributed by atoms with Gasteiger partial charge < -0.3 is 10.1 Å². The highest BCUT2D eigenvalue weighted by Gasteiger charge is 2.12. The van der Waals surface area contributed by atoms with Crippen LogP contribution in [0.5, 0.6) is 5.75 Å². The Hall–Kier alpha value is -0.730. The molecule has 1 rings (SSSR count). The molecule has 0 spiro atoms. The fourth-order valence-electron chi connectivity index (χ4n) is 1.96. The van der Waals surface area contributed by atoms with E-state index >= 15 is 0 Å². The molecule has 19 heavy (non-hydrogen) atoms. The van der Waals surface area contributed by atoms with Gasteiger partial charge in [0, 0.05) is 11.1 Å². The molecule has 0 heterocycles. The number of nitrogens with one attached hydrogen (secondary N) is 1. The molecule has 0 bridgehead atoms. The Bertz CT molecular complexity index is 356. The number of rotatable bonds is 9. The van der Waals surface area contributed by atoms with Crippen LogP contribution in [0.15, 0.2) is 24.3 Å². The van der Waals surface area contributed by atoms with E-state index in [0.717, 1.165) is 36.1 Å². The molecule has 0 saturated carbocycles. The van der Waals surface area contributed by atoms with Crippen LogP contribution in [0.2, 0.25) is 5.02 Å². The first-order valence-electron chi connectivity index (χ1n) is 7.27. The summed E-state index contributed by atoms with van der Waals surface area (Å²) in [7, 11) is 0. The van der Waals surface area contributed by atoms with Gasteiger partial charge in [-0.05, 0) is 43.5 Å². The van der Waals surface area contributed by atoms with Crippen molar-refractivity contribution in [3.8, 4) is 5.75 Å². The molecule has 1 N–H and O–H groups in total. The topological polar surface area (TPSA) is 21.3 Å². The normalized spacial score (nSPS) is 14.1. The van der Waals surface area contributed by atoms with Gasteiger partial charge in [0.15, 0.2) is 0 Å². The Labute approximate surface area is 122 Å². The van der Waals surface area contributed by atoms with E-state index in [2.05, 4.69) is 26.1 Å². The van der Waals surface area contributed by atoms with Gasteiger partial charge in [0.25, 0.3) is 0 Å². The molecule has 0 aliphatic heterocycles. The highest BCUT2D eigenvalue weighted by Crippen LogP contribution is 2.18. The minimum atomic E-state index is 0.411. The van der Waals surface area contributed by atoms with Crippen LogP contribution in [-0.2, 0) is 0 Å². The quantitative estimate of drug-likeness (QED) is 0.719. The SMILES string of the molecule is CCCNC(COc1cccc(Cl)c1)CC(C)CC. The summed E-state index contributed by atoms with van der Waals surface area (Å²) in [6.45, 7) is 8.45. The summed E-state index contributed by atoms with van der Waals surface area (Å²) in [5, 5.41) is 4.28. The molecule has 0 saturated heterocycles. The van der Waals surface area contributed by atoms with Crippen molar-refractivity contribution in [2.24, 2.45) is 5.92 Å². The molecule has 0 fully saturated rings. The third-order valence-corrected chi connectivity index (χ3v) is 3.55. The third-order valence-electron chi connectivity index (χ3n) is 3.31. The number of ether oxygens (including phenoxy) is 1. The fourth-order valence-corrected chi connectivity index (χ4v) is 2.15. The molecule has 1 aromatic carbocycles. The smallest absolute Gasteiger partial charge is 0.120 e. The molecular formula is C16H26ClNO. The van der Waals surface area contributed by atoms with Crippen molar-refractivity contribution < 1.29 is 4.74 Å². The highest BCUT2D eigenvalue weighted by molar-refractivity contribution is 6.30. The maximum atomic E-state index is 5.95. The van der Waals surface area contributed by atoms with Crippen molar-refractivity contribution in [2.75, 3.05) is 13.2 Å². The van der Waals surface area contributed by atoms with Crippen LogP contribution >= 0.6 is 11.6 Å². The van der Waals surface area contributed by atoms with Gasteiger partial charge in [-0.15, -0.1) is 0 Å². The van der Waals surface area contributed by atoms with Crippen LogP contribution < -0.4 is 10.1 Å². The fraction of sp³-hybridized carbons (Fsp3) is 0.625. The summed E-state index contributed by atoms with van der Waals surface area (Å²) >= 11 is 5.95. The van der Waals surface area contributed by atoms with E-state index in [4.69, 9.17) is 16.3 Å². The van der Waals surface area contributed by atoms with Gasteiger partial charge in [-0.3, -0.25) is 0 Å². The lowest BCUT2D eigenvalue weighted by Gasteiger charge is -2.22. The molecule has 0 aliphatic rings. The number of benzene rings is 1. The molecular weight excluding hydrogens is 258 g/mol. The Morgan fingerprint density at radius 1 is 1.32 bits per heavy atom. The minimum absolute atomic E-state index is 0.411. The largest absolute Gasteiger partial charge is 0.492 e. The van der Waals surface area contributed by atoms with E-state index in [0.29, 0.717) is 12.6 Å². The molecule has 2 nitrogen and oxygen atoms in total. The first-order chi connectivity index (χ1) is 9.15. The molecule has 2 atom stereocenters. The zero-order valence-corrected chi connectivity index (χ0v) is 13.0. The zero-order valence-electron chi connectivity index (χ0n) is 12.3. The zero-order chi connectivity index (χ0) is 14.1. The Kier molecular flexibility index (Phi) is 7.92. The van der Waals surface area contributed by atoms with Gasteiger partial charge in [-0.1, -0.05) is 44.9 Å². The van der Waals surface area contributed by atoms with E-state index in [1.54, 1.807) is 0 Å². The van der Waals surface area contributed by atoms with E-state index in [-0.39, 0.29) is 0 Å². The Balaban J connectivity index is 2.47. The van der Waals surface area contributed by atoms with Crippen LogP contribution in [0.3, 0.4) is 0 Å². The van der Waals surface area contributed by atoms with Crippen molar-refractivity contribution in [3.63, 3.8) is 0 Å². The summed E-state index contributed by atoms with van der Waals surface area (Å²) in [4.78, 5) is 0. The van der Waals surface area contributed by atoms with E-state index < -0.39 is 0 Å². The van der Waals surface area contributed by atoms with Crippen molar-refractivity contribution >= 4 is 11.6 Å². The average Bonchev–Trinajstić information content (AvgIpc) is 2.41. The van der Waals surface area contributed by atoms with Crippen molar-refractivity contribution in [1.82, 2.24) is 5.32 Å². The monoisotopic (exact) mass is 283 g/mol. The van der Waals surface area contributed by atoms with E-state index in [9.17, 15) is 0 Å². The molecule has 108 valence electrons. The van der Waals surface area contributed by atoms with Gasteiger partial charge in [-0.2, -0.15) is 0 Å². The lowest BCUT2D eigenvalue weighted by Crippen LogP contribution is -2.36. The molecule has 0 aromatic heterocycles. The first kappa shape index (κ1) is 16.3. The Morgan fingerprint density at radius 2 is 2.11 bits per heavy atom. The summed E-state index contributed by atoms with van der Waals surface area (Å²) in [6.07, 6.45) is 3.51. The number of hydrogen-bond donors (Lipinski definition) is 1. The maximum absolute atomic E-state index is 5.95. The second kappa shape index (κ2) is 9.22. The summed E-state index contributed by atoms with van der Waals surface area (Å²) < 4.78 is 5.84. The van der Waals surface area contributed by atoms with E-state index in [1.807, 2.05) is 24.3 Å². The molecule has 2 unspecified atom stereocenters. The average molecular weight is 284 g/mol. The highest BCUT2D eigenvalue weighted by atomic mass is 35.5. The molecule has 0 aliphatic carbocycles. The first-order valence-corrected chi connectivity index (χ1v) is 7.65. The Morgan fingerprint density at radius 3 is 2.74 bits per heavy atom. The van der Waals surface area contributed by atoms with Crippen molar-refractivity contribution in [1.29, 1.82) is 0 Å². The van der Waals surface area contributed by atoms with Gasteiger partial charge in [0.2, 0.25) is 0 Å². The van der Waals surface area contributed by atoms with Crippen LogP contribution in [-0.4, -0.2) is 19.2 Å². The number of hydrogen-bond acceptors (Lipinski definition) is 2. The van der Waals surface area contributed by atoms with Crippen LogP contribution in [0.1, 0.15) is 40.0 Å². The van der Waals surface area contributed by atoms with Crippen LogP contribution in [0.4, 0.5) is 0 Å². The van der Waals surface area contributed by atoms with Gasteiger partial charge in [-0.25, -0.2) is 0 Å². The van der Waals surface area contributed by atoms with Crippen LogP contribution in [0, 0.1) is 5.92 Å². The third kappa shape index (κ3) is 6.84. The lowest BCUT2D eigenvalue weighted by molar-refractivity contribution is 0.240. The summed E-state index contributed by atoms with van der Waals surface area (Å²) in [5.74, 6) is 1.57. The molecule has 0 amide bonds. The maximum Gasteiger partial charge on any atom is 0.120 e. The second-order valence-corrected chi connectivity index (χ2v) is 5.60. The predicted molar refractivity (Wildman–Crippen MR) is 83.1 cm³/mol. The minimum Gasteiger partial charge on any atom is -0.492 e. The molecule has 0 radical (unpaired) electrons. The van der Waals surface area contributed by atoms with E-state index in [1.165, 1.54) is 6.42 Å². The summed E-state index contributed by atoms with van der Waals surface area (Å²) in [6, 6.07) is 8.00. The number of halogens is 1. The predicted octanol–water partition coefficient (Wildman–Crippen LogP) is 4.52. The molecule has 3 heteroatoms. The standard InChI is InChI=1S/C16H26ClNO/c1-4-9-18-15(10-13(3)5-2)12-19-16-8-6-7-14(17)11-16/h6-8,11,13,15,18H,4-5,9-10,12H2,1-3H3. The second-order valence-electron chi connectivity index (χ2n) is 5.17. The summed E-state index contributed by atoms with van der Waals surface area (Å²) in [5.41, 5.74) is 0. The van der Waals surface area contributed by atoms with Crippen molar-refractivity contribution in [2.45, 2.75) is 46.1 Å². The van der Waals surface area contributed by atoms with Crippen molar-refractivity contribution in [3.05, 3.63) is 29.3 Å². The molecule has 1 aromatic rings.